The van der Waals surface area contributed by atoms with Crippen LogP contribution >= 0.6 is 0 Å². The minimum Gasteiger partial charge on any atom is -0.496 e. The van der Waals surface area contributed by atoms with Crippen LogP contribution in [0.5, 0.6) is 11.5 Å². The molecule has 3 heteroatoms. The summed E-state index contributed by atoms with van der Waals surface area (Å²) in [6, 6.07) is 4.54. The Kier molecular flexibility index (Phi) is 5.07. The van der Waals surface area contributed by atoms with Gasteiger partial charge in [-0.1, -0.05) is 19.1 Å². The summed E-state index contributed by atoms with van der Waals surface area (Å²) in [5.41, 5.74) is 2.31. The lowest BCUT2D eigenvalue weighted by atomic mass is 10.1. The molecule has 0 aromatic heterocycles. The predicted octanol–water partition coefficient (Wildman–Crippen LogP) is 3.42. The van der Waals surface area contributed by atoms with Gasteiger partial charge in [-0.2, -0.15) is 0 Å². The fourth-order valence-corrected chi connectivity index (χ4v) is 2.45. The molecule has 1 heterocycles. The average Bonchev–Trinajstić information content (AvgIpc) is 2.80. The third-order valence-electron chi connectivity index (χ3n) is 3.53. The van der Waals surface area contributed by atoms with E-state index in [1.807, 2.05) is 0 Å². The van der Waals surface area contributed by atoms with E-state index in [9.17, 15) is 0 Å². The average molecular weight is 275 g/mol. The van der Waals surface area contributed by atoms with Gasteiger partial charge >= 0.3 is 0 Å². The van der Waals surface area contributed by atoms with Crippen molar-refractivity contribution in [3.63, 3.8) is 0 Å². The van der Waals surface area contributed by atoms with Crippen LogP contribution in [0.25, 0.3) is 6.08 Å². The van der Waals surface area contributed by atoms with E-state index >= 15 is 0 Å². The highest BCUT2D eigenvalue weighted by Gasteiger charge is 2.20. The summed E-state index contributed by atoms with van der Waals surface area (Å²) in [7, 11) is 1.72. The zero-order valence-corrected chi connectivity index (χ0v) is 12.9. The second-order valence-corrected chi connectivity index (χ2v) is 5.44. The summed E-state index contributed by atoms with van der Waals surface area (Å²) < 4.78 is 11.3. The molecular weight excluding hydrogens is 250 g/mol. The van der Waals surface area contributed by atoms with Gasteiger partial charge in [-0.15, -0.1) is 0 Å². The quantitative estimate of drug-likeness (QED) is 0.863. The van der Waals surface area contributed by atoms with E-state index in [4.69, 9.17) is 9.47 Å². The molecule has 1 N–H and O–H groups in total. The number of nitrogens with one attached hydrogen (secondary N) is 1. The summed E-state index contributed by atoms with van der Waals surface area (Å²) in [4.78, 5) is 0. The highest BCUT2D eigenvalue weighted by Crippen LogP contribution is 2.35. The Balaban J connectivity index is 2.15. The van der Waals surface area contributed by atoms with Crippen LogP contribution < -0.4 is 14.8 Å². The fraction of sp³-hybridized carbons (Fsp3) is 0.529. The summed E-state index contributed by atoms with van der Waals surface area (Å²) in [5.74, 6) is 1.91. The standard InChI is InChI=1S/C17H25NO2/c1-5-8-18-12(2)6-7-14-10-17-15(9-13(3)20-17)11-16(14)19-4/h6-7,10-13,18H,5,8-9H2,1-4H3/b7-6+. The maximum Gasteiger partial charge on any atom is 0.126 e. The van der Waals surface area contributed by atoms with Crippen molar-refractivity contribution in [1.82, 2.24) is 5.32 Å². The molecule has 0 amide bonds. The van der Waals surface area contributed by atoms with Crippen molar-refractivity contribution in [3.8, 4) is 11.5 Å². The molecule has 0 bridgehead atoms. The van der Waals surface area contributed by atoms with Gasteiger partial charge in [-0.05, 0) is 38.9 Å². The Labute approximate surface area is 122 Å². The van der Waals surface area contributed by atoms with E-state index < -0.39 is 0 Å². The summed E-state index contributed by atoms with van der Waals surface area (Å²) in [5, 5.41) is 3.44. The van der Waals surface area contributed by atoms with Crippen LogP contribution in [-0.2, 0) is 6.42 Å². The van der Waals surface area contributed by atoms with E-state index in [1.165, 1.54) is 5.56 Å². The second kappa shape index (κ2) is 6.80. The maximum atomic E-state index is 5.81. The van der Waals surface area contributed by atoms with E-state index in [0.717, 1.165) is 36.4 Å². The number of fused-ring (bicyclic) bond motifs is 1. The van der Waals surface area contributed by atoms with Gasteiger partial charge in [0.2, 0.25) is 0 Å². The van der Waals surface area contributed by atoms with Crippen molar-refractivity contribution in [3.05, 3.63) is 29.3 Å². The predicted molar refractivity (Wildman–Crippen MR) is 83.6 cm³/mol. The van der Waals surface area contributed by atoms with Crippen LogP contribution in [0.15, 0.2) is 18.2 Å². The molecule has 1 aliphatic heterocycles. The van der Waals surface area contributed by atoms with E-state index in [2.05, 4.69) is 50.4 Å². The molecule has 3 nitrogen and oxygen atoms in total. The molecule has 20 heavy (non-hydrogen) atoms. The molecule has 0 fully saturated rings. The van der Waals surface area contributed by atoms with E-state index in [-0.39, 0.29) is 6.10 Å². The van der Waals surface area contributed by atoms with Gasteiger partial charge in [0.25, 0.3) is 0 Å². The van der Waals surface area contributed by atoms with Gasteiger partial charge in [0.1, 0.15) is 17.6 Å². The summed E-state index contributed by atoms with van der Waals surface area (Å²) in [6.45, 7) is 7.46. The first-order valence-electron chi connectivity index (χ1n) is 7.43. The van der Waals surface area contributed by atoms with Crippen LogP contribution in [0.3, 0.4) is 0 Å². The van der Waals surface area contributed by atoms with Crippen molar-refractivity contribution in [2.45, 2.75) is 45.8 Å². The van der Waals surface area contributed by atoms with Gasteiger partial charge in [0, 0.05) is 23.6 Å². The Morgan fingerprint density at radius 1 is 1.50 bits per heavy atom. The Morgan fingerprint density at radius 3 is 3.00 bits per heavy atom. The van der Waals surface area contributed by atoms with Crippen LogP contribution in [0, 0.1) is 0 Å². The van der Waals surface area contributed by atoms with Crippen LogP contribution in [0.1, 0.15) is 38.3 Å². The topological polar surface area (TPSA) is 30.5 Å². The summed E-state index contributed by atoms with van der Waals surface area (Å²) >= 11 is 0. The Hall–Kier alpha value is -1.48. The lowest BCUT2D eigenvalue weighted by Crippen LogP contribution is -2.24. The molecule has 0 saturated carbocycles. The number of rotatable bonds is 6. The van der Waals surface area contributed by atoms with Gasteiger partial charge in [-0.25, -0.2) is 0 Å². The van der Waals surface area contributed by atoms with Crippen molar-refractivity contribution in [2.75, 3.05) is 13.7 Å². The zero-order valence-electron chi connectivity index (χ0n) is 12.9. The first-order chi connectivity index (χ1) is 9.63. The Morgan fingerprint density at radius 2 is 2.30 bits per heavy atom. The van der Waals surface area contributed by atoms with Crippen LogP contribution in [0.2, 0.25) is 0 Å². The molecule has 0 saturated heterocycles. The molecule has 2 atom stereocenters. The molecule has 1 aromatic carbocycles. The van der Waals surface area contributed by atoms with Crippen molar-refractivity contribution in [2.24, 2.45) is 0 Å². The zero-order chi connectivity index (χ0) is 14.5. The number of benzene rings is 1. The summed E-state index contributed by atoms with van der Waals surface area (Å²) in [6.07, 6.45) is 6.65. The molecule has 1 aromatic rings. The SMILES string of the molecule is CCCNC(C)/C=C/c1cc2c(cc1OC)CC(C)O2. The van der Waals surface area contributed by atoms with Gasteiger partial charge in [0.15, 0.2) is 0 Å². The van der Waals surface area contributed by atoms with Crippen LogP contribution in [-0.4, -0.2) is 25.8 Å². The van der Waals surface area contributed by atoms with E-state index in [0.29, 0.717) is 6.04 Å². The number of ether oxygens (including phenoxy) is 2. The number of methoxy groups -OCH3 is 1. The van der Waals surface area contributed by atoms with Crippen molar-refractivity contribution < 1.29 is 9.47 Å². The molecule has 0 aliphatic carbocycles. The molecule has 1 aliphatic rings. The second-order valence-electron chi connectivity index (χ2n) is 5.44. The highest BCUT2D eigenvalue weighted by atomic mass is 16.5. The third-order valence-corrected chi connectivity index (χ3v) is 3.53. The van der Waals surface area contributed by atoms with Crippen molar-refractivity contribution >= 4 is 6.08 Å². The first kappa shape index (κ1) is 14.9. The van der Waals surface area contributed by atoms with Gasteiger partial charge < -0.3 is 14.8 Å². The van der Waals surface area contributed by atoms with E-state index in [1.54, 1.807) is 7.11 Å². The largest absolute Gasteiger partial charge is 0.496 e. The fourth-order valence-electron chi connectivity index (χ4n) is 2.45. The maximum absolute atomic E-state index is 5.81. The number of hydrogen-bond donors (Lipinski definition) is 1. The third kappa shape index (κ3) is 3.54. The molecule has 2 unspecified atom stereocenters. The molecule has 0 spiro atoms. The number of hydrogen-bond acceptors (Lipinski definition) is 3. The van der Waals surface area contributed by atoms with Crippen molar-refractivity contribution in [1.29, 1.82) is 0 Å². The van der Waals surface area contributed by atoms with Crippen LogP contribution in [0.4, 0.5) is 0 Å². The first-order valence-corrected chi connectivity index (χ1v) is 7.43. The minimum absolute atomic E-state index is 0.263. The van der Waals surface area contributed by atoms with Gasteiger partial charge in [-0.3, -0.25) is 0 Å². The molecule has 0 radical (unpaired) electrons. The molecule has 110 valence electrons. The normalized spacial score (nSPS) is 18.9. The molecular formula is C17H25NO2. The lowest BCUT2D eigenvalue weighted by molar-refractivity contribution is 0.254. The smallest absolute Gasteiger partial charge is 0.126 e. The lowest BCUT2D eigenvalue weighted by Gasteiger charge is -2.10. The molecule has 2 rings (SSSR count). The Bertz CT molecular complexity index is 482. The highest BCUT2D eigenvalue weighted by molar-refractivity contribution is 5.62. The van der Waals surface area contributed by atoms with Gasteiger partial charge in [0.05, 0.1) is 7.11 Å². The minimum atomic E-state index is 0.263. The monoisotopic (exact) mass is 275 g/mol.